The molecule has 1 heterocycles. The van der Waals surface area contributed by atoms with E-state index in [4.69, 9.17) is 4.52 Å². The van der Waals surface area contributed by atoms with Crippen molar-refractivity contribution in [2.75, 3.05) is 0 Å². The van der Waals surface area contributed by atoms with Gasteiger partial charge in [-0.3, -0.25) is 9.59 Å². The Bertz CT molecular complexity index is 882. The summed E-state index contributed by atoms with van der Waals surface area (Å²) in [6, 6.07) is 4.55. The summed E-state index contributed by atoms with van der Waals surface area (Å²) >= 11 is 0. The second-order valence-electron chi connectivity index (χ2n) is 7.58. The lowest BCUT2D eigenvalue weighted by molar-refractivity contribution is -0.146. The summed E-state index contributed by atoms with van der Waals surface area (Å²) in [5.74, 6) is -1.37. The van der Waals surface area contributed by atoms with Crippen LogP contribution in [0.1, 0.15) is 50.5 Å². The minimum Gasteiger partial charge on any atom is -0.481 e. The standard InChI is InChI=1S/C20H24FN3O4/c1-12-11-13(6-7-15(12)21)18-22-17(28-24-18)9-8-16(25)23-20(2)10-4-3-5-14(20)19(26)27/h6-7,11,14H,3-5,8-10H2,1-2H3,(H,23,25)(H,26,27). The molecule has 1 fully saturated rings. The van der Waals surface area contributed by atoms with Gasteiger partial charge in [0.05, 0.1) is 11.5 Å². The second kappa shape index (κ2) is 8.08. The van der Waals surface area contributed by atoms with Crippen LogP contribution in [0.25, 0.3) is 11.4 Å². The highest BCUT2D eigenvalue weighted by molar-refractivity contribution is 5.79. The van der Waals surface area contributed by atoms with Gasteiger partial charge in [0.2, 0.25) is 17.6 Å². The molecule has 0 aliphatic heterocycles. The van der Waals surface area contributed by atoms with E-state index in [1.165, 1.54) is 6.07 Å². The van der Waals surface area contributed by atoms with E-state index in [1.807, 2.05) is 0 Å². The van der Waals surface area contributed by atoms with Crippen molar-refractivity contribution < 1.29 is 23.6 Å². The van der Waals surface area contributed by atoms with Crippen LogP contribution in [0.5, 0.6) is 0 Å². The van der Waals surface area contributed by atoms with Gasteiger partial charge in [0.1, 0.15) is 5.82 Å². The number of aromatic nitrogens is 2. The first-order valence-corrected chi connectivity index (χ1v) is 9.41. The Morgan fingerprint density at radius 2 is 2.18 bits per heavy atom. The van der Waals surface area contributed by atoms with E-state index < -0.39 is 17.4 Å². The minimum absolute atomic E-state index is 0.117. The predicted molar refractivity (Wildman–Crippen MR) is 98.9 cm³/mol. The molecule has 1 aliphatic carbocycles. The van der Waals surface area contributed by atoms with Crippen molar-refractivity contribution in [3.05, 3.63) is 35.5 Å². The summed E-state index contributed by atoms with van der Waals surface area (Å²) < 4.78 is 18.6. The van der Waals surface area contributed by atoms with Crippen molar-refractivity contribution in [3.8, 4) is 11.4 Å². The molecule has 1 aromatic heterocycles. The van der Waals surface area contributed by atoms with Gasteiger partial charge in [0.25, 0.3) is 0 Å². The Hall–Kier alpha value is -2.77. The molecule has 8 heteroatoms. The number of rotatable bonds is 6. The number of aliphatic carboxylic acids is 1. The zero-order chi connectivity index (χ0) is 20.3. The number of carbonyl (C=O) groups is 2. The van der Waals surface area contributed by atoms with Crippen molar-refractivity contribution in [3.63, 3.8) is 0 Å². The summed E-state index contributed by atoms with van der Waals surface area (Å²) in [4.78, 5) is 28.1. The van der Waals surface area contributed by atoms with Gasteiger partial charge in [-0.1, -0.05) is 18.0 Å². The largest absolute Gasteiger partial charge is 0.481 e. The number of carboxylic acid groups (broad SMARTS) is 1. The lowest BCUT2D eigenvalue weighted by Crippen LogP contribution is -2.55. The van der Waals surface area contributed by atoms with E-state index in [1.54, 1.807) is 26.0 Å². The fourth-order valence-electron chi connectivity index (χ4n) is 3.74. The molecule has 0 spiro atoms. The molecule has 0 saturated heterocycles. The smallest absolute Gasteiger partial charge is 0.308 e. The highest BCUT2D eigenvalue weighted by Gasteiger charge is 2.42. The first kappa shape index (κ1) is 20.0. The third-order valence-corrected chi connectivity index (χ3v) is 5.38. The second-order valence-corrected chi connectivity index (χ2v) is 7.58. The molecule has 150 valence electrons. The first-order chi connectivity index (χ1) is 13.3. The van der Waals surface area contributed by atoms with Crippen LogP contribution in [0.2, 0.25) is 0 Å². The van der Waals surface area contributed by atoms with Gasteiger partial charge in [-0.2, -0.15) is 4.98 Å². The summed E-state index contributed by atoms with van der Waals surface area (Å²) in [5.41, 5.74) is 0.376. The van der Waals surface area contributed by atoms with E-state index in [0.29, 0.717) is 35.7 Å². The first-order valence-electron chi connectivity index (χ1n) is 9.41. The normalized spacial score (nSPS) is 22.0. The molecule has 2 unspecified atom stereocenters. The number of hydrogen-bond donors (Lipinski definition) is 2. The van der Waals surface area contributed by atoms with Gasteiger partial charge in [-0.05, 0) is 50.5 Å². The van der Waals surface area contributed by atoms with E-state index in [2.05, 4.69) is 15.5 Å². The third-order valence-electron chi connectivity index (χ3n) is 5.38. The predicted octanol–water partition coefficient (Wildman–Crippen LogP) is 3.27. The van der Waals surface area contributed by atoms with Crippen LogP contribution in [0.3, 0.4) is 0 Å². The fraction of sp³-hybridized carbons (Fsp3) is 0.500. The van der Waals surface area contributed by atoms with E-state index >= 15 is 0 Å². The highest BCUT2D eigenvalue weighted by atomic mass is 19.1. The monoisotopic (exact) mass is 389 g/mol. The molecule has 0 radical (unpaired) electrons. The fourth-order valence-corrected chi connectivity index (χ4v) is 3.74. The topological polar surface area (TPSA) is 105 Å². The summed E-state index contributed by atoms with van der Waals surface area (Å²) in [7, 11) is 0. The van der Waals surface area contributed by atoms with E-state index in [0.717, 1.165) is 12.8 Å². The number of benzene rings is 1. The molecule has 0 bridgehead atoms. The SMILES string of the molecule is Cc1cc(-c2noc(CCC(=O)NC3(C)CCCCC3C(=O)O)n2)ccc1F. The van der Waals surface area contributed by atoms with Crippen LogP contribution in [0.4, 0.5) is 4.39 Å². The lowest BCUT2D eigenvalue weighted by Gasteiger charge is -2.39. The molecule has 2 N–H and O–H groups in total. The Kier molecular flexibility index (Phi) is 5.76. The average molecular weight is 389 g/mol. The molecule has 1 amide bonds. The maximum Gasteiger partial charge on any atom is 0.308 e. The molecule has 7 nitrogen and oxygen atoms in total. The number of halogens is 1. The van der Waals surface area contributed by atoms with Gasteiger partial charge < -0.3 is 14.9 Å². The molecule has 28 heavy (non-hydrogen) atoms. The van der Waals surface area contributed by atoms with Crippen molar-refractivity contribution >= 4 is 11.9 Å². The Morgan fingerprint density at radius 3 is 2.89 bits per heavy atom. The van der Waals surface area contributed by atoms with Crippen LogP contribution in [-0.4, -0.2) is 32.7 Å². The van der Waals surface area contributed by atoms with Gasteiger partial charge in [-0.25, -0.2) is 4.39 Å². The average Bonchev–Trinajstić information content (AvgIpc) is 3.11. The van der Waals surface area contributed by atoms with Crippen molar-refractivity contribution in [2.24, 2.45) is 5.92 Å². The maximum absolute atomic E-state index is 13.4. The molecular formula is C20H24FN3O4. The Balaban J connectivity index is 1.60. The van der Waals surface area contributed by atoms with Crippen LogP contribution in [0.15, 0.2) is 22.7 Å². The van der Waals surface area contributed by atoms with Crippen molar-refractivity contribution in [2.45, 2.75) is 57.9 Å². The zero-order valence-corrected chi connectivity index (χ0v) is 16.0. The van der Waals surface area contributed by atoms with E-state index in [-0.39, 0.29) is 24.6 Å². The summed E-state index contributed by atoms with van der Waals surface area (Å²) in [5, 5.41) is 16.2. The summed E-state index contributed by atoms with van der Waals surface area (Å²) in [6.07, 6.45) is 3.32. The van der Waals surface area contributed by atoms with Crippen molar-refractivity contribution in [1.82, 2.24) is 15.5 Å². The number of aryl methyl sites for hydroxylation is 2. The number of nitrogens with one attached hydrogen (secondary N) is 1. The van der Waals surface area contributed by atoms with Gasteiger partial charge in [0.15, 0.2) is 0 Å². The van der Waals surface area contributed by atoms with Crippen LogP contribution in [-0.2, 0) is 16.0 Å². The highest BCUT2D eigenvalue weighted by Crippen LogP contribution is 2.34. The Morgan fingerprint density at radius 1 is 1.39 bits per heavy atom. The number of carboxylic acids is 1. The molecule has 1 aromatic carbocycles. The zero-order valence-electron chi connectivity index (χ0n) is 16.0. The van der Waals surface area contributed by atoms with Crippen LogP contribution < -0.4 is 5.32 Å². The molecule has 3 rings (SSSR count). The van der Waals surface area contributed by atoms with Gasteiger partial charge >= 0.3 is 5.97 Å². The summed E-state index contributed by atoms with van der Waals surface area (Å²) in [6.45, 7) is 3.45. The van der Waals surface area contributed by atoms with Crippen LogP contribution >= 0.6 is 0 Å². The Labute approximate surface area is 162 Å². The minimum atomic E-state index is -0.876. The molecule has 2 atom stereocenters. The lowest BCUT2D eigenvalue weighted by atomic mass is 9.74. The molecule has 2 aromatic rings. The van der Waals surface area contributed by atoms with Crippen molar-refractivity contribution in [1.29, 1.82) is 0 Å². The number of nitrogens with zero attached hydrogens (tertiary/aromatic N) is 2. The number of amides is 1. The number of carbonyl (C=O) groups excluding carboxylic acids is 1. The van der Waals surface area contributed by atoms with Gasteiger partial charge in [-0.15, -0.1) is 0 Å². The molecule has 1 aliphatic rings. The number of hydrogen-bond acceptors (Lipinski definition) is 5. The van der Waals surface area contributed by atoms with Gasteiger partial charge in [0, 0.05) is 18.4 Å². The molecular weight excluding hydrogens is 365 g/mol. The third kappa shape index (κ3) is 4.37. The maximum atomic E-state index is 13.4. The van der Waals surface area contributed by atoms with E-state index in [9.17, 15) is 19.1 Å². The molecule has 1 saturated carbocycles. The quantitative estimate of drug-likeness (QED) is 0.786. The van der Waals surface area contributed by atoms with Crippen LogP contribution in [0, 0.1) is 18.7 Å².